The molecule has 1 nitrogen and oxygen atoms in total. The van der Waals surface area contributed by atoms with Crippen molar-refractivity contribution in [2.45, 2.75) is 31.6 Å². The number of hydrogen-bond acceptors (Lipinski definition) is 1. The van der Waals surface area contributed by atoms with Gasteiger partial charge < -0.3 is 4.90 Å². The fraction of sp³-hybridized carbons (Fsp3) is 0.0847. The van der Waals surface area contributed by atoms with Gasteiger partial charge in [-0.15, -0.1) is 0 Å². The van der Waals surface area contributed by atoms with E-state index >= 15 is 0 Å². The molecule has 0 radical (unpaired) electrons. The van der Waals surface area contributed by atoms with Gasteiger partial charge in [0.2, 0.25) is 0 Å². The molecule has 0 saturated heterocycles. The average molecular weight is 770 g/mol. The standard InChI is InChI=1S/C59H47N/c1-5-6-31-52-41(2)59(55-34-18-17-33-54(55)58(52,3)4)53-32-16-15-29-51(53)57-50(30-20-35-56(57)59)43-36-38-46(39-37-43)60(45-24-11-8-12-25-45)47-26-19-23-44(40-47)49-28-14-13-27-48(49)42-21-9-7-10-22-42/h5-40H,1H2,2-4H3/b31-6-. The Hall–Kier alpha value is -7.22. The first kappa shape index (κ1) is 37.1. The van der Waals surface area contributed by atoms with Crippen molar-refractivity contribution >= 4 is 17.1 Å². The Balaban J connectivity index is 1.11. The van der Waals surface area contributed by atoms with Crippen LogP contribution in [0.2, 0.25) is 0 Å². The highest BCUT2D eigenvalue weighted by Gasteiger charge is 2.53. The zero-order valence-electron chi connectivity index (χ0n) is 34.4. The smallest absolute Gasteiger partial charge is 0.0679 e. The van der Waals surface area contributed by atoms with Crippen LogP contribution in [0.5, 0.6) is 0 Å². The summed E-state index contributed by atoms with van der Waals surface area (Å²) in [4.78, 5) is 2.37. The van der Waals surface area contributed by atoms with Crippen molar-refractivity contribution in [1.82, 2.24) is 0 Å². The molecule has 1 spiro atoms. The van der Waals surface area contributed by atoms with Gasteiger partial charge >= 0.3 is 0 Å². The molecule has 0 aliphatic heterocycles. The number of benzene rings is 8. The summed E-state index contributed by atoms with van der Waals surface area (Å²) in [6.45, 7) is 11.1. The fourth-order valence-electron chi connectivity index (χ4n) is 10.4. The zero-order chi connectivity index (χ0) is 40.8. The molecule has 0 N–H and O–H groups in total. The van der Waals surface area contributed by atoms with Gasteiger partial charge in [0.15, 0.2) is 0 Å². The topological polar surface area (TPSA) is 3.24 Å². The summed E-state index contributed by atoms with van der Waals surface area (Å²) in [5.74, 6) is 0. The first-order valence-electron chi connectivity index (χ1n) is 21.0. The highest BCUT2D eigenvalue weighted by atomic mass is 15.1. The lowest BCUT2D eigenvalue weighted by atomic mass is 9.55. The van der Waals surface area contributed by atoms with Crippen molar-refractivity contribution in [2.24, 2.45) is 0 Å². The molecule has 0 saturated carbocycles. The molecule has 2 aliphatic rings. The zero-order valence-corrected chi connectivity index (χ0v) is 34.4. The molecule has 1 heteroatoms. The van der Waals surface area contributed by atoms with E-state index in [9.17, 15) is 0 Å². The van der Waals surface area contributed by atoms with E-state index in [4.69, 9.17) is 0 Å². The van der Waals surface area contributed by atoms with E-state index in [0.29, 0.717) is 0 Å². The van der Waals surface area contributed by atoms with Crippen LogP contribution >= 0.6 is 0 Å². The maximum Gasteiger partial charge on any atom is 0.0679 e. The quantitative estimate of drug-likeness (QED) is 0.139. The predicted molar refractivity (Wildman–Crippen MR) is 254 cm³/mol. The van der Waals surface area contributed by atoms with E-state index in [0.717, 1.165) is 17.1 Å². The van der Waals surface area contributed by atoms with E-state index < -0.39 is 5.41 Å². The van der Waals surface area contributed by atoms with Crippen molar-refractivity contribution in [1.29, 1.82) is 0 Å². The SMILES string of the molecule is C=C/C=C\C1=C(C)C2(c3ccccc3-c3c(-c4ccc(N(c5ccccc5)c5cccc(-c6ccccc6-c6ccccc6)c5)cc4)cccc32)c2ccccc2C1(C)C. The van der Waals surface area contributed by atoms with Crippen LogP contribution in [0.15, 0.2) is 236 Å². The molecule has 0 aromatic heterocycles. The number of rotatable bonds is 8. The second-order valence-electron chi connectivity index (χ2n) is 16.5. The summed E-state index contributed by atoms with van der Waals surface area (Å²) in [5, 5.41) is 0. The minimum Gasteiger partial charge on any atom is -0.310 e. The Morgan fingerprint density at radius 1 is 0.433 bits per heavy atom. The van der Waals surface area contributed by atoms with E-state index in [-0.39, 0.29) is 5.41 Å². The van der Waals surface area contributed by atoms with Gasteiger partial charge in [-0.2, -0.15) is 0 Å². The molecule has 288 valence electrons. The third kappa shape index (κ3) is 5.76. The van der Waals surface area contributed by atoms with E-state index in [1.54, 1.807) is 0 Å². The Morgan fingerprint density at radius 3 is 1.65 bits per heavy atom. The lowest BCUT2D eigenvalue weighted by Crippen LogP contribution is -2.40. The molecule has 8 aromatic rings. The summed E-state index contributed by atoms with van der Waals surface area (Å²) in [7, 11) is 0. The van der Waals surface area contributed by atoms with Crippen LogP contribution in [0.4, 0.5) is 17.1 Å². The van der Waals surface area contributed by atoms with Crippen LogP contribution in [0.1, 0.15) is 43.0 Å². The Kier molecular flexibility index (Phi) is 9.18. The maximum atomic E-state index is 4.04. The lowest BCUT2D eigenvalue weighted by Gasteiger charge is -2.46. The van der Waals surface area contributed by atoms with Gasteiger partial charge in [-0.1, -0.05) is 202 Å². The molecule has 1 atom stereocenters. The first-order valence-corrected chi connectivity index (χ1v) is 21.0. The van der Waals surface area contributed by atoms with E-state index in [1.807, 2.05) is 6.08 Å². The second-order valence-corrected chi connectivity index (χ2v) is 16.5. The largest absolute Gasteiger partial charge is 0.310 e. The number of hydrogen-bond donors (Lipinski definition) is 0. The maximum absolute atomic E-state index is 4.04. The van der Waals surface area contributed by atoms with Crippen molar-refractivity contribution in [3.8, 4) is 44.5 Å². The number of fused-ring (bicyclic) bond motifs is 7. The number of nitrogens with zero attached hydrogens (tertiary/aromatic N) is 1. The molecule has 60 heavy (non-hydrogen) atoms. The van der Waals surface area contributed by atoms with Gasteiger partial charge in [0, 0.05) is 22.5 Å². The third-order valence-electron chi connectivity index (χ3n) is 13.0. The minimum absolute atomic E-state index is 0.175. The van der Waals surface area contributed by atoms with Gasteiger partial charge in [-0.25, -0.2) is 0 Å². The normalized spacial score (nSPS) is 16.1. The summed E-state index contributed by atoms with van der Waals surface area (Å²) in [6, 6.07) is 73.3. The summed E-state index contributed by atoms with van der Waals surface area (Å²) >= 11 is 0. The molecule has 0 bridgehead atoms. The molecular weight excluding hydrogens is 723 g/mol. The molecule has 0 amide bonds. The monoisotopic (exact) mass is 769 g/mol. The molecule has 0 fully saturated rings. The third-order valence-corrected chi connectivity index (χ3v) is 13.0. The molecule has 2 aliphatic carbocycles. The predicted octanol–water partition coefficient (Wildman–Crippen LogP) is 15.8. The Bertz CT molecular complexity index is 2960. The first-order chi connectivity index (χ1) is 29.4. The van der Waals surface area contributed by atoms with Crippen LogP contribution in [-0.2, 0) is 10.8 Å². The molecular formula is C59H47N. The fourth-order valence-corrected chi connectivity index (χ4v) is 10.4. The van der Waals surface area contributed by atoms with E-state index in [2.05, 4.69) is 245 Å². The van der Waals surface area contributed by atoms with Crippen LogP contribution < -0.4 is 4.90 Å². The van der Waals surface area contributed by atoms with Crippen molar-refractivity contribution in [3.63, 3.8) is 0 Å². The van der Waals surface area contributed by atoms with Crippen molar-refractivity contribution in [3.05, 3.63) is 258 Å². The summed E-state index contributed by atoms with van der Waals surface area (Å²) in [6.07, 6.45) is 6.28. The van der Waals surface area contributed by atoms with Gasteiger partial charge in [0.1, 0.15) is 0 Å². The van der Waals surface area contributed by atoms with Gasteiger partial charge in [0.05, 0.1) is 5.41 Å². The lowest BCUT2D eigenvalue weighted by molar-refractivity contribution is 0.558. The number of anilines is 3. The minimum atomic E-state index is -0.427. The Labute approximate surface area is 355 Å². The summed E-state index contributed by atoms with van der Waals surface area (Å²) in [5.41, 5.74) is 20.7. The van der Waals surface area contributed by atoms with Crippen LogP contribution in [-0.4, -0.2) is 0 Å². The number of para-hydroxylation sites is 1. The average Bonchev–Trinajstić information content (AvgIpc) is 3.61. The van der Waals surface area contributed by atoms with Crippen LogP contribution in [0.25, 0.3) is 44.5 Å². The molecule has 1 unspecified atom stereocenters. The van der Waals surface area contributed by atoms with Gasteiger partial charge in [-0.3, -0.25) is 0 Å². The number of allylic oxidation sites excluding steroid dienone is 5. The highest BCUT2D eigenvalue weighted by molar-refractivity contribution is 5.97. The van der Waals surface area contributed by atoms with Crippen molar-refractivity contribution in [2.75, 3.05) is 4.90 Å². The molecule has 10 rings (SSSR count). The molecule has 0 heterocycles. The highest BCUT2D eigenvalue weighted by Crippen LogP contribution is 2.63. The summed E-state index contributed by atoms with van der Waals surface area (Å²) < 4.78 is 0. The van der Waals surface area contributed by atoms with E-state index in [1.165, 1.54) is 77.9 Å². The Morgan fingerprint density at radius 2 is 0.933 bits per heavy atom. The van der Waals surface area contributed by atoms with Crippen LogP contribution in [0, 0.1) is 0 Å². The van der Waals surface area contributed by atoms with Gasteiger partial charge in [0.25, 0.3) is 0 Å². The second kappa shape index (κ2) is 14.9. The van der Waals surface area contributed by atoms with Gasteiger partial charge in [-0.05, 0) is 121 Å². The van der Waals surface area contributed by atoms with Crippen LogP contribution in [0.3, 0.4) is 0 Å². The van der Waals surface area contributed by atoms with Crippen molar-refractivity contribution < 1.29 is 0 Å². The molecule has 8 aromatic carbocycles.